The number of hydrogen-bond acceptors (Lipinski definition) is 4. The summed E-state index contributed by atoms with van der Waals surface area (Å²) in [5.41, 5.74) is 4.70. The van der Waals surface area contributed by atoms with Crippen LogP contribution in [-0.2, 0) is 22.7 Å². The Bertz CT molecular complexity index is 1060. The van der Waals surface area contributed by atoms with E-state index in [0.717, 1.165) is 11.3 Å². The Morgan fingerprint density at radius 1 is 1.07 bits per heavy atom. The van der Waals surface area contributed by atoms with Gasteiger partial charge in [-0.05, 0) is 36.8 Å². The maximum atomic E-state index is 12.6. The molecule has 0 spiro atoms. The molecule has 1 atom stereocenters. The van der Waals surface area contributed by atoms with Crippen LogP contribution >= 0.6 is 0 Å². The van der Waals surface area contributed by atoms with Crippen molar-refractivity contribution in [3.63, 3.8) is 0 Å². The average Bonchev–Trinajstić information content (AvgIpc) is 3.12. The van der Waals surface area contributed by atoms with Crippen molar-refractivity contribution in [3.8, 4) is 0 Å². The van der Waals surface area contributed by atoms with E-state index >= 15 is 0 Å². The zero-order chi connectivity index (χ0) is 20.4. The Morgan fingerprint density at radius 3 is 2.52 bits per heavy atom. The van der Waals surface area contributed by atoms with Crippen molar-refractivity contribution in [1.29, 1.82) is 0 Å². The molecule has 2 amide bonds. The molecule has 4 rings (SSSR count). The van der Waals surface area contributed by atoms with E-state index in [9.17, 15) is 9.59 Å². The van der Waals surface area contributed by atoms with Crippen LogP contribution in [0.3, 0.4) is 0 Å². The van der Waals surface area contributed by atoms with Crippen molar-refractivity contribution < 1.29 is 14.3 Å². The van der Waals surface area contributed by atoms with Crippen LogP contribution in [-0.4, -0.2) is 21.6 Å². The van der Waals surface area contributed by atoms with Crippen molar-refractivity contribution in [2.75, 3.05) is 10.6 Å². The molecule has 7 heteroatoms. The molecule has 0 aliphatic carbocycles. The minimum absolute atomic E-state index is 0.0896. The molecule has 0 saturated carbocycles. The molecule has 2 aromatic carbocycles. The third-order valence-corrected chi connectivity index (χ3v) is 4.76. The smallest absolute Gasteiger partial charge is 0.276 e. The maximum absolute atomic E-state index is 12.6. The number of amides is 2. The molecule has 1 aliphatic rings. The highest BCUT2D eigenvalue weighted by molar-refractivity contribution is 6.03. The van der Waals surface area contributed by atoms with Gasteiger partial charge in [0.2, 0.25) is 5.91 Å². The van der Waals surface area contributed by atoms with Gasteiger partial charge in [0, 0.05) is 18.3 Å². The molecule has 2 N–H and O–H groups in total. The lowest BCUT2D eigenvalue weighted by Crippen LogP contribution is -2.22. The second kappa shape index (κ2) is 7.89. The largest absolute Gasteiger partial charge is 0.365 e. The van der Waals surface area contributed by atoms with E-state index in [0.29, 0.717) is 30.2 Å². The molecule has 1 aromatic heterocycles. The molecule has 1 aliphatic heterocycles. The number of aromatic nitrogens is 2. The number of fused-ring (bicyclic) bond motifs is 1. The normalized spacial score (nSPS) is 15.4. The van der Waals surface area contributed by atoms with Gasteiger partial charge < -0.3 is 15.4 Å². The number of aryl methyl sites for hydroxylation is 1. The zero-order valence-corrected chi connectivity index (χ0v) is 16.3. The Kier molecular flexibility index (Phi) is 5.14. The first-order chi connectivity index (χ1) is 14.0. The summed E-state index contributed by atoms with van der Waals surface area (Å²) in [4.78, 5) is 23.8. The third kappa shape index (κ3) is 4.35. The summed E-state index contributed by atoms with van der Waals surface area (Å²) < 4.78 is 7.79. The fourth-order valence-corrected chi connectivity index (χ4v) is 3.29. The molecular formula is C22H22N4O3. The first kappa shape index (κ1) is 18.9. The number of nitrogens with zero attached hydrogens (tertiary/aromatic N) is 2. The molecule has 0 saturated heterocycles. The Balaban J connectivity index is 1.47. The maximum Gasteiger partial charge on any atom is 0.276 e. The van der Waals surface area contributed by atoms with Crippen molar-refractivity contribution in [2.24, 2.45) is 0 Å². The third-order valence-electron chi connectivity index (χ3n) is 4.76. The Labute approximate surface area is 168 Å². The number of carbonyl (C=O) groups is 2. The quantitative estimate of drug-likeness (QED) is 0.712. The van der Waals surface area contributed by atoms with E-state index in [1.807, 2.05) is 11.6 Å². The predicted octanol–water partition coefficient (Wildman–Crippen LogP) is 3.67. The predicted molar refractivity (Wildman–Crippen MR) is 110 cm³/mol. The molecule has 148 valence electrons. The monoisotopic (exact) mass is 390 g/mol. The molecular weight excluding hydrogens is 368 g/mol. The lowest BCUT2D eigenvalue weighted by Gasteiger charge is -2.24. The molecule has 0 radical (unpaired) electrons. The van der Waals surface area contributed by atoms with E-state index in [-0.39, 0.29) is 17.9 Å². The van der Waals surface area contributed by atoms with Crippen molar-refractivity contribution in [1.82, 2.24) is 9.78 Å². The van der Waals surface area contributed by atoms with Crippen LogP contribution in [0, 0.1) is 6.92 Å². The van der Waals surface area contributed by atoms with Crippen LogP contribution in [0.25, 0.3) is 0 Å². The van der Waals surface area contributed by atoms with Crippen molar-refractivity contribution >= 4 is 23.2 Å². The summed E-state index contributed by atoms with van der Waals surface area (Å²) in [6.07, 6.45) is -0.0896. The van der Waals surface area contributed by atoms with E-state index in [1.165, 1.54) is 12.5 Å². The lowest BCUT2D eigenvalue weighted by atomic mass is 10.1. The van der Waals surface area contributed by atoms with Gasteiger partial charge in [-0.2, -0.15) is 5.10 Å². The number of nitrogens with one attached hydrogen (secondary N) is 2. The summed E-state index contributed by atoms with van der Waals surface area (Å²) in [6, 6.07) is 17.0. The summed E-state index contributed by atoms with van der Waals surface area (Å²) >= 11 is 0. The highest BCUT2D eigenvalue weighted by Gasteiger charge is 2.24. The minimum Gasteiger partial charge on any atom is -0.365 e. The number of benzene rings is 2. The highest BCUT2D eigenvalue weighted by atomic mass is 16.5. The fraction of sp³-hybridized carbons (Fsp3) is 0.227. The van der Waals surface area contributed by atoms with Crippen LogP contribution in [0.2, 0.25) is 0 Å². The van der Waals surface area contributed by atoms with Crippen molar-refractivity contribution in [3.05, 3.63) is 77.1 Å². The summed E-state index contributed by atoms with van der Waals surface area (Å²) in [5, 5.41) is 9.98. The van der Waals surface area contributed by atoms with E-state index < -0.39 is 0 Å². The van der Waals surface area contributed by atoms with E-state index in [1.54, 1.807) is 30.3 Å². The molecule has 0 fully saturated rings. The van der Waals surface area contributed by atoms with Crippen LogP contribution in [0.5, 0.6) is 0 Å². The molecule has 2 heterocycles. The Morgan fingerprint density at radius 2 is 1.79 bits per heavy atom. The van der Waals surface area contributed by atoms with Gasteiger partial charge in [-0.15, -0.1) is 0 Å². The SMILES string of the molecule is CC(=O)Nc1cccc(NC(=O)c2cc3n(n2)CC(c2ccc(C)cc2)OC3)c1. The van der Waals surface area contributed by atoms with Gasteiger partial charge in [0.25, 0.3) is 5.91 Å². The second-order valence-electron chi connectivity index (χ2n) is 7.13. The Hall–Kier alpha value is -3.45. The fourth-order valence-electron chi connectivity index (χ4n) is 3.29. The van der Waals surface area contributed by atoms with Gasteiger partial charge >= 0.3 is 0 Å². The first-order valence-electron chi connectivity index (χ1n) is 9.42. The highest BCUT2D eigenvalue weighted by Crippen LogP contribution is 2.27. The van der Waals surface area contributed by atoms with Crippen LogP contribution < -0.4 is 10.6 Å². The van der Waals surface area contributed by atoms with Gasteiger partial charge in [-0.1, -0.05) is 35.9 Å². The van der Waals surface area contributed by atoms with Crippen LogP contribution in [0.15, 0.2) is 54.6 Å². The molecule has 0 bridgehead atoms. The van der Waals surface area contributed by atoms with E-state index in [4.69, 9.17) is 4.74 Å². The molecule has 3 aromatic rings. The number of carbonyl (C=O) groups excluding carboxylic acids is 2. The van der Waals surface area contributed by atoms with Crippen LogP contribution in [0.4, 0.5) is 11.4 Å². The van der Waals surface area contributed by atoms with Gasteiger partial charge in [0.05, 0.1) is 18.8 Å². The number of anilines is 2. The number of hydrogen-bond donors (Lipinski definition) is 2. The van der Waals surface area contributed by atoms with Gasteiger partial charge in [-0.3, -0.25) is 14.3 Å². The zero-order valence-electron chi connectivity index (χ0n) is 16.3. The standard InChI is InChI=1S/C22H22N4O3/c1-14-6-8-16(9-7-14)21-12-26-19(13-29-21)11-20(25-26)22(28)24-18-5-3-4-17(10-18)23-15(2)27/h3-11,21H,12-13H2,1-2H3,(H,23,27)(H,24,28). The van der Waals surface area contributed by atoms with Gasteiger partial charge in [0.15, 0.2) is 5.69 Å². The second-order valence-corrected chi connectivity index (χ2v) is 7.13. The minimum atomic E-state index is -0.307. The van der Waals surface area contributed by atoms with Gasteiger partial charge in [0.1, 0.15) is 6.10 Å². The topological polar surface area (TPSA) is 85.3 Å². The first-order valence-corrected chi connectivity index (χ1v) is 9.42. The number of rotatable bonds is 4. The average molecular weight is 390 g/mol. The summed E-state index contributed by atoms with van der Waals surface area (Å²) in [6.45, 7) is 4.45. The molecule has 1 unspecified atom stereocenters. The number of ether oxygens (including phenoxy) is 1. The van der Waals surface area contributed by atoms with Crippen molar-refractivity contribution in [2.45, 2.75) is 33.1 Å². The summed E-state index contributed by atoms with van der Waals surface area (Å²) in [7, 11) is 0. The lowest BCUT2D eigenvalue weighted by molar-refractivity contribution is -0.114. The van der Waals surface area contributed by atoms with Gasteiger partial charge in [-0.25, -0.2) is 0 Å². The molecule has 7 nitrogen and oxygen atoms in total. The summed E-state index contributed by atoms with van der Waals surface area (Å²) in [5.74, 6) is -0.475. The van der Waals surface area contributed by atoms with Crippen LogP contribution in [0.1, 0.15) is 40.3 Å². The molecule has 29 heavy (non-hydrogen) atoms. The van der Waals surface area contributed by atoms with E-state index in [2.05, 4.69) is 40.0 Å².